The van der Waals surface area contributed by atoms with E-state index in [0.717, 1.165) is 6.08 Å². The van der Waals surface area contributed by atoms with Crippen molar-refractivity contribution in [2.75, 3.05) is 0 Å². The van der Waals surface area contributed by atoms with Gasteiger partial charge in [-0.15, -0.1) is 12.6 Å². The minimum atomic E-state index is -1.01. The largest absolute Gasteiger partial charge is 0.478 e. The number of carbonyl (C=O) groups is 1. The third kappa shape index (κ3) is 4.96. The topological polar surface area (TPSA) is 63.3 Å². The molecule has 0 unspecified atom stereocenters. The number of carboxylic acids is 1. The molecule has 0 atom stereocenters. The lowest BCUT2D eigenvalue weighted by atomic mass is 10.5. The lowest BCUT2D eigenvalue weighted by Gasteiger charge is -1.82. The van der Waals surface area contributed by atoms with Crippen LogP contribution in [0.4, 0.5) is 0 Å². The number of hydrogen-bond donors (Lipinski definition) is 3. The molecule has 0 heterocycles. The Hall–Kier alpha value is -0.900. The van der Waals surface area contributed by atoms with Crippen molar-refractivity contribution in [3.63, 3.8) is 0 Å². The van der Waals surface area contributed by atoms with Crippen LogP contribution in [0.2, 0.25) is 0 Å². The number of hydrogen-bond acceptors (Lipinski definition) is 3. The first-order valence-electron chi connectivity index (χ1n) is 2.18. The van der Waals surface area contributed by atoms with Crippen molar-refractivity contribution >= 4 is 18.6 Å². The minimum absolute atomic E-state index is 0.428. The molecule has 0 amide bonds. The predicted molar refractivity (Wildman–Crippen MR) is 38.0 cm³/mol. The van der Waals surface area contributed by atoms with Gasteiger partial charge in [-0.3, -0.25) is 0 Å². The molecule has 0 aliphatic rings. The quantitative estimate of drug-likeness (QED) is 0.298. The number of aliphatic carboxylic acids is 1. The molecule has 0 fully saturated rings. The van der Waals surface area contributed by atoms with Crippen LogP contribution in [0.15, 0.2) is 23.3 Å². The maximum atomic E-state index is 9.83. The fourth-order valence-corrected chi connectivity index (χ4v) is 0.287. The summed E-state index contributed by atoms with van der Waals surface area (Å²) >= 11 is 3.79. The molecular formula is C5H7NO2S. The fraction of sp³-hybridized carbons (Fsp3) is 0. The Kier molecular flexibility index (Phi) is 3.62. The van der Waals surface area contributed by atoms with Gasteiger partial charge in [0.15, 0.2) is 0 Å². The SMILES string of the molecule is N/C=C(S)/C=C/C(=O)O. The van der Waals surface area contributed by atoms with Gasteiger partial charge in [0.05, 0.1) is 0 Å². The van der Waals surface area contributed by atoms with Crippen LogP contribution < -0.4 is 5.73 Å². The number of nitrogens with two attached hydrogens (primary N) is 1. The van der Waals surface area contributed by atoms with Gasteiger partial charge in [0.1, 0.15) is 0 Å². The lowest BCUT2D eigenvalue weighted by Crippen LogP contribution is -1.86. The van der Waals surface area contributed by atoms with E-state index in [1.54, 1.807) is 0 Å². The van der Waals surface area contributed by atoms with Gasteiger partial charge in [0, 0.05) is 17.2 Å². The summed E-state index contributed by atoms with van der Waals surface area (Å²) in [5.41, 5.74) is 4.98. The highest BCUT2D eigenvalue weighted by Crippen LogP contribution is 1.97. The fourth-order valence-electron chi connectivity index (χ4n) is 0.212. The molecule has 0 saturated carbocycles. The molecule has 0 aromatic heterocycles. The van der Waals surface area contributed by atoms with Gasteiger partial charge < -0.3 is 10.8 Å². The molecular weight excluding hydrogens is 138 g/mol. The Bertz CT molecular complexity index is 162. The maximum Gasteiger partial charge on any atom is 0.328 e. The van der Waals surface area contributed by atoms with Crippen molar-refractivity contribution in [2.24, 2.45) is 5.73 Å². The molecule has 3 N–H and O–H groups in total. The summed E-state index contributed by atoms with van der Waals surface area (Å²) in [6.45, 7) is 0. The van der Waals surface area contributed by atoms with Crippen LogP contribution in [0.5, 0.6) is 0 Å². The summed E-state index contributed by atoms with van der Waals surface area (Å²) < 4.78 is 0. The molecule has 0 aliphatic heterocycles. The molecule has 0 aliphatic carbocycles. The summed E-state index contributed by atoms with van der Waals surface area (Å²) in [6.07, 6.45) is 3.47. The van der Waals surface area contributed by atoms with Gasteiger partial charge in [-0.1, -0.05) is 0 Å². The van der Waals surface area contributed by atoms with Gasteiger partial charge in [-0.05, 0) is 6.08 Å². The van der Waals surface area contributed by atoms with Crippen molar-refractivity contribution in [2.45, 2.75) is 0 Å². The first-order valence-corrected chi connectivity index (χ1v) is 2.63. The predicted octanol–water partition coefficient (Wildman–Crippen LogP) is 0.357. The smallest absolute Gasteiger partial charge is 0.328 e. The summed E-state index contributed by atoms with van der Waals surface area (Å²) in [7, 11) is 0. The van der Waals surface area contributed by atoms with Crippen LogP contribution in [0.3, 0.4) is 0 Å². The Morgan fingerprint density at radius 3 is 2.44 bits per heavy atom. The first kappa shape index (κ1) is 8.10. The minimum Gasteiger partial charge on any atom is -0.478 e. The van der Waals surface area contributed by atoms with Gasteiger partial charge in [0.2, 0.25) is 0 Å². The maximum absolute atomic E-state index is 9.83. The molecule has 4 heteroatoms. The van der Waals surface area contributed by atoms with E-state index >= 15 is 0 Å². The van der Waals surface area contributed by atoms with Crippen molar-refractivity contribution < 1.29 is 9.90 Å². The molecule has 9 heavy (non-hydrogen) atoms. The first-order chi connectivity index (χ1) is 4.16. The van der Waals surface area contributed by atoms with Crippen molar-refractivity contribution in [3.8, 4) is 0 Å². The van der Waals surface area contributed by atoms with Crippen molar-refractivity contribution in [1.82, 2.24) is 0 Å². The zero-order chi connectivity index (χ0) is 7.28. The second-order valence-electron chi connectivity index (χ2n) is 1.26. The van der Waals surface area contributed by atoms with Gasteiger partial charge in [-0.25, -0.2) is 4.79 Å². The molecule has 3 nitrogen and oxygen atoms in total. The highest BCUT2D eigenvalue weighted by molar-refractivity contribution is 7.84. The monoisotopic (exact) mass is 145 g/mol. The van der Waals surface area contributed by atoms with Gasteiger partial charge in [-0.2, -0.15) is 0 Å². The average Bonchev–Trinajstić information content (AvgIpc) is 1.83. The summed E-state index contributed by atoms with van der Waals surface area (Å²) in [6, 6.07) is 0. The van der Waals surface area contributed by atoms with Crippen molar-refractivity contribution in [3.05, 3.63) is 23.3 Å². The number of allylic oxidation sites excluding steroid dienone is 1. The second-order valence-corrected chi connectivity index (χ2v) is 1.78. The molecule has 0 aromatic rings. The van der Waals surface area contributed by atoms with E-state index in [-0.39, 0.29) is 0 Å². The Balaban J connectivity index is 3.86. The highest BCUT2D eigenvalue weighted by atomic mass is 32.1. The zero-order valence-corrected chi connectivity index (χ0v) is 5.51. The Morgan fingerprint density at radius 1 is 1.56 bits per heavy atom. The Labute approximate surface area is 58.3 Å². The van der Waals surface area contributed by atoms with Gasteiger partial charge >= 0.3 is 5.97 Å². The molecule has 0 radical (unpaired) electrons. The average molecular weight is 145 g/mol. The van der Waals surface area contributed by atoms with Crippen molar-refractivity contribution in [1.29, 1.82) is 0 Å². The number of carboxylic acid groups (broad SMARTS) is 1. The summed E-state index contributed by atoms with van der Waals surface area (Å²) in [4.78, 5) is 10.3. The second kappa shape index (κ2) is 4.03. The molecule has 0 spiro atoms. The van der Waals surface area contributed by atoms with E-state index in [2.05, 4.69) is 12.6 Å². The molecule has 0 saturated heterocycles. The number of rotatable bonds is 2. The molecule has 0 bridgehead atoms. The molecule has 50 valence electrons. The van der Waals surface area contributed by atoms with E-state index in [4.69, 9.17) is 10.8 Å². The lowest BCUT2D eigenvalue weighted by molar-refractivity contribution is -0.131. The van der Waals surface area contributed by atoms with E-state index in [1.807, 2.05) is 0 Å². The van der Waals surface area contributed by atoms with Crippen LogP contribution in [-0.4, -0.2) is 11.1 Å². The van der Waals surface area contributed by atoms with E-state index in [1.165, 1.54) is 12.3 Å². The van der Waals surface area contributed by atoms with Crippen LogP contribution in [0.25, 0.3) is 0 Å². The highest BCUT2D eigenvalue weighted by Gasteiger charge is 1.84. The van der Waals surface area contributed by atoms with Crippen LogP contribution in [-0.2, 0) is 4.79 Å². The zero-order valence-electron chi connectivity index (χ0n) is 4.61. The number of thiol groups is 1. The normalized spacial score (nSPS) is 12.3. The Morgan fingerprint density at radius 2 is 2.11 bits per heavy atom. The van der Waals surface area contributed by atoms with Crippen LogP contribution in [0.1, 0.15) is 0 Å². The summed E-state index contributed by atoms with van der Waals surface area (Å²) in [5.74, 6) is -1.01. The summed E-state index contributed by atoms with van der Waals surface area (Å²) in [5, 5.41) is 8.07. The molecule has 0 aromatic carbocycles. The standard InChI is InChI=1S/C5H7NO2S/c6-3-4(9)1-2-5(7)8/h1-3,9H,6H2,(H,7,8)/b2-1+,4-3-. The van der Waals surface area contributed by atoms with Gasteiger partial charge in [0.25, 0.3) is 0 Å². The van der Waals surface area contributed by atoms with E-state index in [9.17, 15) is 4.79 Å². The third-order valence-corrected chi connectivity index (χ3v) is 0.866. The van der Waals surface area contributed by atoms with Crippen LogP contribution in [0, 0.1) is 0 Å². The third-order valence-electron chi connectivity index (χ3n) is 0.567. The van der Waals surface area contributed by atoms with E-state index < -0.39 is 5.97 Å². The molecule has 0 rings (SSSR count). The van der Waals surface area contributed by atoms with E-state index in [0.29, 0.717) is 4.91 Å². The van der Waals surface area contributed by atoms with Crippen LogP contribution >= 0.6 is 12.6 Å².